The zero-order valence-electron chi connectivity index (χ0n) is 13.5. The number of halogens is 1. The van der Waals surface area contributed by atoms with Crippen molar-refractivity contribution in [2.75, 3.05) is 20.6 Å². The number of benzene rings is 1. The molecule has 0 spiro atoms. The standard InChI is InChI=1S/C17H19FN4OS/c1-22(2)16(14-5-6-24-11-14)10-21-17(23)20-9-13-4-3-12(8-19)7-15(13)18/h3-7,11,16H,9-10H2,1-2H3,(H2,20,21,23)/t16-/m1/s1. The summed E-state index contributed by atoms with van der Waals surface area (Å²) in [6.07, 6.45) is 0. The molecule has 0 saturated heterocycles. The summed E-state index contributed by atoms with van der Waals surface area (Å²) in [6, 6.07) is 7.81. The van der Waals surface area contributed by atoms with Gasteiger partial charge in [-0.05, 0) is 48.6 Å². The topological polar surface area (TPSA) is 68.2 Å². The van der Waals surface area contributed by atoms with Gasteiger partial charge >= 0.3 is 6.03 Å². The molecule has 0 bridgehead atoms. The molecular formula is C17H19FN4OS. The molecule has 5 nitrogen and oxygen atoms in total. The Hall–Kier alpha value is -2.43. The Morgan fingerprint density at radius 3 is 2.75 bits per heavy atom. The van der Waals surface area contributed by atoms with E-state index in [0.717, 1.165) is 11.6 Å². The number of thiophene rings is 1. The molecule has 2 aromatic rings. The van der Waals surface area contributed by atoms with E-state index in [1.807, 2.05) is 36.5 Å². The molecule has 7 heteroatoms. The second-order valence-corrected chi connectivity index (χ2v) is 6.30. The molecule has 2 amide bonds. The molecule has 2 N–H and O–H groups in total. The number of amides is 2. The van der Waals surface area contributed by atoms with Gasteiger partial charge in [0.2, 0.25) is 0 Å². The number of hydrogen-bond acceptors (Lipinski definition) is 4. The quantitative estimate of drug-likeness (QED) is 0.845. The molecule has 0 aliphatic heterocycles. The van der Waals surface area contributed by atoms with Crippen molar-refractivity contribution in [3.05, 3.63) is 57.5 Å². The fourth-order valence-corrected chi connectivity index (χ4v) is 2.96. The van der Waals surface area contributed by atoms with E-state index < -0.39 is 5.82 Å². The van der Waals surface area contributed by atoms with Crippen molar-refractivity contribution in [3.63, 3.8) is 0 Å². The van der Waals surface area contributed by atoms with Crippen molar-refractivity contribution in [2.45, 2.75) is 12.6 Å². The largest absolute Gasteiger partial charge is 0.336 e. The van der Waals surface area contributed by atoms with E-state index in [9.17, 15) is 9.18 Å². The summed E-state index contributed by atoms with van der Waals surface area (Å²) in [5, 5.41) is 18.2. The highest BCUT2D eigenvalue weighted by Crippen LogP contribution is 2.19. The lowest BCUT2D eigenvalue weighted by Gasteiger charge is -2.24. The van der Waals surface area contributed by atoms with Crippen LogP contribution in [0, 0.1) is 17.1 Å². The molecule has 0 saturated carbocycles. The summed E-state index contributed by atoms with van der Waals surface area (Å²) in [7, 11) is 3.90. The van der Waals surface area contributed by atoms with Gasteiger partial charge in [0.05, 0.1) is 17.7 Å². The second-order valence-electron chi connectivity index (χ2n) is 5.52. The third-order valence-corrected chi connectivity index (χ3v) is 4.33. The number of nitrogens with one attached hydrogen (secondary N) is 2. The normalized spacial score (nSPS) is 11.8. The Labute approximate surface area is 144 Å². The zero-order valence-corrected chi connectivity index (χ0v) is 14.4. The maximum Gasteiger partial charge on any atom is 0.315 e. The van der Waals surface area contributed by atoms with Crippen LogP contribution in [0.5, 0.6) is 0 Å². The van der Waals surface area contributed by atoms with Gasteiger partial charge < -0.3 is 15.5 Å². The number of rotatable bonds is 6. The van der Waals surface area contributed by atoms with Gasteiger partial charge in [0.25, 0.3) is 0 Å². The van der Waals surface area contributed by atoms with Crippen LogP contribution in [-0.2, 0) is 6.54 Å². The van der Waals surface area contributed by atoms with Crippen molar-refractivity contribution < 1.29 is 9.18 Å². The number of likely N-dealkylation sites (N-methyl/N-ethyl adjacent to an activating group) is 1. The molecule has 1 aromatic heterocycles. The summed E-state index contributed by atoms with van der Waals surface area (Å²) in [5.41, 5.74) is 1.74. The van der Waals surface area contributed by atoms with Gasteiger partial charge in [0.1, 0.15) is 5.82 Å². The lowest BCUT2D eigenvalue weighted by atomic mass is 10.1. The minimum atomic E-state index is -0.501. The van der Waals surface area contributed by atoms with E-state index in [1.54, 1.807) is 11.3 Å². The van der Waals surface area contributed by atoms with Crippen LogP contribution >= 0.6 is 11.3 Å². The Morgan fingerprint density at radius 2 is 2.17 bits per heavy atom. The van der Waals surface area contributed by atoms with E-state index in [4.69, 9.17) is 5.26 Å². The molecule has 1 aromatic carbocycles. The van der Waals surface area contributed by atoms with Gasteiger partial charge in [0, 0.05) is 18.7 Å². The maximum absolute atomic E-state index is 13.8. The third-order valence-electron chi connectivity index (χ3n) is 3.63. The fraction of sp³-hybridized carbons (Fsp3) is 0.294. The number of hydrogen-bond donors (Lipinski definition) is 2. The predicted octanol–water partition coefficient (Wildman–Crippen LogP) is 2.86. The number of nitrogens with zero attached hydrogens (tertiary/aromatic N) is 2. The minimum absolute atomic E-state index is 0.0639. The zero-order chi connectivity index (χ0) is 17.5. The molecule has 126 valence electrons. The number of carbonyl (C=O) groups is 1. The van der Waals surface area contributed by atoms with Crippen LogP contribution in [0.2, 0.25) is 0 Å². The van der Waals surface area contributed by atoms with Gasteiger partial charge in [0.15, 0.2) is 0 Å². The predicted molar refractivity (Wildman–Crippen MR) is 92.1 cm³/mol. The third kappa shape index (κ3) is 4.78. The summed E-state index contributed by atoms with van der Waals surface area (Å²) in [5.74, 6) is -0.501. The molecule has 1 heterocycles. The van der Waals surface area contributed by atoms with E-state index in [0.29, 0.717) is 12.1 Å². The van der Waals surface area contributed by atoms with Crippen LogP contribution in [0.15, 0.2) is 35.0 Å². The smallest absolute Gasteiger partial charge is 0.315 e. The molecule has 24 heavy (non-hydrogen) atoms. The van der Waals surface area contributed by atoms with Crippen LogP contribution in [-0.4, -0.2) is 31.6 Å². The van der Waals surface area contributed by atoms with Gasteiger partial charge in [-0.15, -0.1) is 0 Å². The lowest BCUT2D eigenvalue weighted by molar-refractivity contribution is 0.232. The van der Waals surface area contributed by atoms with Crippen molar-refractivity contribution in [3.8, 4) is 6.07 Å². The first-order chi connectivity index (χ1) is 11.5. The second kappa shape index (κ2) is 8.43. The first-order valence-electron chi connectivity index (χ1n) is 7.40. The van der Waals surface area contributed by atoms with Crippen molar-refractivity contribution in [2.24, 2.45) is 0 Å². The van der Waals surface area contributed by atoms with Crippen LogP contribution in [0.1, 0.15) is 22.7 Å². The molecule has 0 aliphatic rings. The molecule has 0 radical (unpaired) electrons. The first-order valence-corrected chi connectivity index (χ1v) is 8.34. The number of urea groups is 1. The SMILES string of the molecule is CN(C)[C@H](CNC(=O)NCc1ccc(C#N)cc1F)c1ccsc1. The van der Waals surface area contributed by atoms with Gasteiger partial charge in [-0.1, -0.05) is 6.07 Å². The van der Waals surface area contributed by atoms with Crippen molar-refractivity contribution in [1.82, 2.24) is 15.5 Å². The van der Waals surface area contributed by atoms with E-state index in [-0.39, 0.29) is 24.2 Å². The summed E-state index contributed by atoms with van der Waals surface area (Å²) in [6.45, 7) is 0.514. The molecule has 1 atom stereocenters. The number of carbonyl (C=O) groups excluding carboxylic acids is 1. The molecular weight excluding hydrogens is 327 g/mol. The van der Waals surface area contributed by atoms with Gasteiger partial charge in [-0.2, -0.15) is 16.6 Å². The first kappa shape index (κ1) is 17.9. The van der Waals surface area contributed by atoms with Crippen molar-refractivity contribution in [1.29, 1.82) is 5.26 Å². The van der Waals surface area contributed by atoms with Crippen LogP contribution < -0.4 is 10.6 Å². The Morgan fingerprint density at radius 1 is 1.38 bits per heavy atom. The average Bonchev–Trinajstić information content (AvgIpc) is 3.07. The highest BCUT2D eigenvalue weighted by atomic mass is 32.1. The maximum atomic E-state index is 13.8. The van der Waals surface area contributed by atoms with E-state index in [2.05, 4.69) is 16.0 Å². The van der Waals surface area contributed by atoms with Gasteiger partial charge in [-0.25, -0.2) is 9.18 Å². The lowest BCUT2D eigenvalue weighted by Crippen LogP contribution is -2.40. The van der Waals surface area contributed by atoms with Crippen LogP contribution in [0.25, 0.3) is 0 Å². The average molecular weight is 346 g/mol. The Balaban J connectivity index is 1.86. The monoisotopic (exact) mass is 346 g/mol. The Kier molecular flexibility index (Phi) is 6.29. The Bertz CT molecular complexity index is 725. The molecule has 2 rings (SSSR count). The minimum Gasteiger partial charge on any atom is -0.336 e. The summed E-state index contributed by atoms with van der Waals surface area (Å²) < 4.78 is 13.8. The molecule has 0 unspecified atom stereocenters. The summed E-state index contributed by atoms with van der Waals surface area (Å²) in [4.78, 5) is 14.0. The highest BCUT2D eigenvalue weighted by molar-refractivity contribution is 7.07. The summed E-state index contributed by atoms with van der Waals surface area (Å²) >= 11 is 1.61. The van der Waals surface area contributed by atoms with Crippen LogP contribution in [0.3, 0.4) is 0 Å². The fourth-order valence-electron chi connectivity index (χ4n) is 2.25. The molecule has 0 aliphatic carbocycles. The van der Waals surface area contributed by atoms with Gasteiger partial charge in [-0.3, -0.25) is 0 Å². The number of nitriles is 1. The van der Waals surface area contributed by atoms with E-state index in [1.165, 1.54) is 12.1 Å². The highest BCUT2D eigenvalue weighted by Gasteiger charge is 2.15. The molecule has 0 fully saturated rings. The van der Waals surface area contributed by atoms with Crippen molar-refractivity contribution >= 4 is 17.4 Å². The van der Waals surface area contributed by atoms with Crippen LogP contribution in [0.4, 0.5) is 9.18 Å². The van der Waals surface area contributed by atoms with E-state index >= 15 is 0 Å².